The number of nitrogens with zero attached hydrogens (tertiary/aromatic N) is 3. The monoisotopic (exact) mass is 414 g/mol. The van der Waals surface area contributed by atoms with E-state index in [9.17, 15) is 13.2 Å². The highest BCUT2D eigenvalue weighted by Gasteiger charge is 2.30. The van der Waals surface area contributed by atoms with Gasteiger partial charge in [-0.3, -0.25) is 4.79 Å². The minimum Gasteiger partial charge on any atom is -0.438 e. The molecule has 1 N–H and O–H groups in total. The number of amides is 1. The first kappa shape index (κ1) is 19.4. The molecule has 1 saturated heterocycles. The van der Waals surface area contributed by atoms with Gasteiger partial charge in [-0.25, -0.2) is 13.1 Å². The van der Waals surface area contributed by atoms with E-state index in [1.54, 1.807) is 16.8 Å². The summed E-state index contributed by atoms with van der Waals surface area (Å²) < 4.78 is 33.7. The number of anilines is 1. The Balaban J connectivity index is 1.59. The molecule has 0 aliphatic carbocycles. The van der Waals surface area contributed by atoms with Crippen molar-refractivity contribution in [2.24, 2.45) is 0 Å². The molecule has 1 aliphatic rings. The van der Waals surface area contributed by atoms with Crippen molar-refractivity contribution in [3.63, 3.8) is 0 Å². The third-order valence-electron chi connectivity index (χ3n) is 4.85. The summed E-state index contributed by atoms with van der Waals surface area (Å²) in [4.78, 5) is 12.7. The SMILES string of the molecule is Cc1cc(C)n(-c2ccccc2NC(=O)c2ccc(S(=O)(=O)N3CCCC3)o2)n1. The molecule has 4 rings (SSSR count). The molecule has 3 aromatic rings. The fraction of sp³-hybridized carbons (Fsp3) is 0.300. The zero-order valence-electron chi connectivity index (χ0n) is 16.3. The van der Waals surface area contributed by atoms with Gasteiger partial charge in [0.2, 0.25) is 5.09 Å². The minimum absolute atomic E-state index is 0.0639. The van der Waals surface area contributed by atoms with E-state index in [1.165, 1.54) is 16.4 Å². The van der Waals surface area contributed by atoms with Gasteiger partial charge in [-0.15, -0.1) is 0 Å². The Kier molecular flexibility index (Phi) is 5.01. The lowest BCUT2D eigenvalue weighted by Crippen LogP contribution is -2.27. The second kappa shape index (κ2) is 7.49. The molecule has 0 saturated carbocycles. The van der Waals surface area contributed by atoms with Crippen molar-refractivity contribution in [1.82, 2.24) is 14.1 Å². The molecule has 29 heavy (non-hydrogen) atoms. The zero-order valence-corrected chi connectivity index (χ0v) is 17.1. The number of carbonyl (C=O) groups is 1. The van der Waals surface area contributed by atoms with Gasteiger partial charge < -0.3 is 9.73 Å². The third-order valence-corrected chi connectivity index (χ3v) is 6.63. The van der Waals surface area contributed by atoms with E-state index in [0.717, 1.165) is 24.2 Å². The quantitative estimate of drug-likeness (QED) is 0.692. The van der Waals surface area contributed by atoms with Gasteiger partial charge in [-0.1, -0.05) is 12.1 Å². The molecule has 1 amide bonds. The molecule has 1 aromatic carbocycles. The highest BCUT2D eigenvalue weighted by Crippen LogP contribution is 2.25. The van der Waals surface area contributed by atoms with Gasteiger partial charge in [0.25, 0.3) is 15.9 Å². The molecule has 9 heteroatoms. The number of benzene rings is 1. The first-order chi connectivity index (χ1) is 13.9. The lowest BCUT2D eigenvalue weighted by molar-refractivity contribution is 0.0991. The van der Waals surface area contributed by atoms with Crippen LogP contribution in [0.4, 0.5) is 5.69 Å². The standard InChI is InChI=1S/C20H22N4O4S/c1-14-13-15(2)24(22-14)17-8-4-3-7-16(17)21-20(25)18-9-10-19(28-18)29(26,27)23-11-5-6-12-23/h3-4,7-10,13H,5-6,11-12H2,1-2H3,(H,21,25). The van der Waals surface area contributed by atoms with Crippen LogP contribution >= 0.6 is 0 Å². The summed E-state index contributed by atoms with van der Waals surface area (Å²) in [5.74, 6) is -0.590. The molecule has 1 aliphatic heterocycles. The molecule has 0 bridgehead atoms. The van der Waals surface area contributed by atoms with Crippen molar-refractivity contribution in [2.75, 3.05) is 18.4 Å². The van der Waals surface area contributed by atoms with Crippen molar-refractivity contribution in [2.45, 2.75) is 31.8 Å². The van der Waals surface area contributed by atoms with Crippen LogP contribution in [0.3, 0.4) is 0 Å². The molecule has 1 fully saturated rings. The normalized spacial score (nSPS) is 15.0. The van der Waals surface area contributed by atoms with Crippen molar-refractivity contribution in [1.29, 1.82) is 0 Å². The number of sulfonamides is 1. The third kappa shape index (κ3) is 3.70. The van der Waals surface area contributed by atoms with Crippen LogP contribution in [0.15, 0.2) is 52.0 Å². The highest BCUT2D eigenvalue weighted by molar-refractivity contribution is 7.89. The summed E-state index contributed by atoms with van der Waals surface area (Å²) in [7, 11) is -3.71. The van der Waals surface area contributed by atoms with Crippen molar-refractivity contribution in [3.8, 4) is 5.69 Å². The summed E-state index contributed by atoms with van der Waals surface area (Å²) >= 11 is 0. The van der Waals surface area contributed by atoms with E-state index >= 15 is 0 Å². The van der Waals surface area contributed by atoms with Crippen molar-refractivity contribution >= 4 is 21.6 Å². The molecular formula is C20H22N4O4S. The number of furan rings is 1. The average molecular weight is 414 g/mol. The van der Waals surface area contributed by atoms with Gasteiger partial charge in [0.05, 0.1) is 17.1 Å². The van der Waals surface area contributed by atoms with Crippen molar-refractivity contribution < 1.29 is 17.6 Å². The Morgan fingerprint density at radius 2 is 1.83 bits per heavy atom. The maximum Gasteiger partial charge on any atom is 0.291 e. The Bertz CT molecular complexity index is 1160. The number of hydrogen-bond donors (Lipinski definition) is 1. The summed E-state index contributed by atoms with van der Waals surface area (Å²) in [5.41, 5.74) is 3.06. The van der Waals surface area contributed by atoms with E-state index in [4.69, 9.17) is 4.42 Å². The molecule has 0 radical (unpaired) electrons. The van der Waals surface area contributed by atoms with Crippen LogP contribution in [0.1, 0.15) is 34.8 Å². The average Bonchev–Trinajstić information content (AvgIpc) is 3.43. The molecule has 0 atom stereocenters. The van der Waals surface area contributed by atoms with Gasteiger partial charge >= 0.3 is 0 Å². The van der Waals surface area contributed by atoms with Gasteiger partial charge in [-0.05, 0) is 57.0 Å². The predicted molar refractivity (Wildman–Crippen MR) is 108 cm³/mol. The molecule has 152 valence electrons. The Hall–Kier alpha value is -2.91. The number of hydrogen-bond acceptors (Lipinski definition) is 5. The zero-order chi connectivity index (χ0) is 20.6. The molecule has 0 spiro atoms. The first-order valence-electron chi connectivity index (χ1n) is 9.40. The number of aromatic nitrogens is 2. The summed E-state index contributed by atoms with van der Waals surface area (Å²) in [6.45, 7) is 4.78. The second-order valence-corrected chi connectivity index (χ2v) is 8.91. The minimum atomic E-state index is -3.71. The lowest BCUT2D eigenvalue weighted by atomic mass is 10.2. The van der Waals surface area contributed by atoms with E-state index in [0.29, 0.717) is 24.5 Å². The smallest absolute Gasteiger partial charge is 0.291 e. The van der Waals surface area contributed by atoms with Crippen LogP contribution in [0.5, 0.6) is 0 Å². The Morgan fingerprint density at radius 3 is 2.52 bits per heavy atom. The number of aryl methyl sites for hydroxylation is 2. The van der Waals surface area contributed by atoms with Gasteiger partial charge in [0, 0.05) is 18.8 Å². The Morgan fingerprint density at radius 1 is 1.10 bits per heavy atom. The molecule has 0 unspecified atom stereocenters. The van der Waals surface area contributed by atoms with E-state index < -0.39 is 15.9 Å². The maximum atomic E-state index is 12.7. The van der Waals surface area contributed by atoms with Crippen LogP contribution < -0.4 is 5.32 Å². The van der Waals surface area contributed by atoms with Crippen LogP contribution in [0.25, 0.3) is 5.69 Å². The van der Waals surface area contributed by atoms with E-state index in [-0.39, 0.29) is 10.9 Å². The number of rotatable bonds is 5. The molecular weight excluding hydrogens is 392 g/mol. The fourth-order valence-electron chi connectivity index (χ4n) is 3.46. The number of para-hydroxylation sites is 2. The van der Waals surface area contributed by atoms with Crippen LogP contribution in [-0.2, 0) is 10.0 Å². The maximum absolute atomic E-state index is 12.7. The van der Waals surface area contributed by atoms with Crippen molar-refractivity contribution in [3.05, 3.63) is 59.6 Å². The van der Waals surface area contributed by atoms with Crippen LogP contribution in [-0.4, -0.2) is 41.5 Å². The first-order valence-corrected chi connectivity index (χ1v) is 10.8. The number of nitrogens with one attached hydrogen (secondary N) is 1. The molecule has 8 nitrogen and oxygen atoms in total. The van der Waals surface area contributed by atoms with Gasteiger partial charge in [0.1, 0.15) is 0 Å². The highest BCUT2D eigenvalue weighted by atomic mass is 32.2. The molecule has 2 aromatic heterocycles. The Labute approximate surface area is 169 Å². The summed E-state index contributed by atoms with van der Waals surface area (Å²) in [6, 6.07) is 11.9. The molecule has 3 heterocycles. The predicted octanol–water partition coefficient (Wildman–Crippen LogP) is 3.12. The number of carbonyl (C=O) groups excluding carboxylic acids is 1. The summed E-state index contributed by atoms with van der Waals surface area (Å²) in [6.07, 6.45) is 1.66. The lowest BCUT2D eigenvalue weighted by Gasteiger charge is -2.13. The topological polar surface area (TPSA) is 97.4 Å². The van der Waals surface area contributed by atoms with Gasteiger partial charge in [-0.2, -0.15) is 9.40 Å². The van der Waals surface area contributed by atoms with Crippen LogP contribution in [0, 0.1) is 13.8 Å². The second-order valence-electron chi connectivity index (χ2n) is 7.04. The largest absolute Gasteiger partial charge is 0.438 e. The summed E-state index contributed by atoms with van der Waals surface area (Å²) in [5, 5.41) is 7.04. The fourth-order valence-corrected chi connectivity index (χ4v) is 4.89. The van der Waals surface area contributed by atoms with Crippen LogP contribution in [0.2, 0.25) is 0 Å². The van der Waals surface area contributed by atoms with E-state index in [2.05, 4.69) is 10.4 Å². The van der Waals surface area contributed by atoms with Gasteiger partial charge in [0.15, 0.2) is 5.76 Å². The van der Waals surface area contributed by atoms with E-state index in [1.807, 2.05) is 32.0 Å².